The van der Waals surface area contributed by atoms with E-state index in [0.29, 0.717) is 11.7 Å². The summed E-state index contributed by atoms with van der Waals surface area (Å²) in [5.74, 6) is 7.20. The Labute approximate surface area is 90.7 Å². The number of anilines is 1. The van der Waals surface area contributed by atoms with Gasteiger partial charge in [-0.1, -0.05) is 13.8 Å². The zero-order valence-corrected chi connectivity index (χ0v) is 9.78. The lowest BCUT2D eigenvalue weighted by Gasteiger charge is -2.12. The molecule has 0 radical (unpaired) electrons. The Hall–Kier alpha value is -1.20. The molecule has 5 nitrogen and oxygen atoms in total. The molecule has 0 unspecified atom stereocenters. The molecule has 0 bridgehead atoms. The zero-order valence-electron chi connectivity index (χ0n) is 9.78. The van der Waals surface area contributed by atoms with Gasteiger partial charge in [-0.2, -0.15) is 0 Å². The molecule has 0 saturated heterocycles. The Balaban J connectivity index is 3.00. The molecule has 0 aromatic carbocycles. The number of hydrogen-bond acceptors (Lipinski definition) is 5. The second-order valence-corrected chi connectivity index (χ2v) is 4.13. The highest BCUT2D eigenvalue weighted by Gasteiger charge is 2.07. The first kappa shape index (κ1) is 11.9. The predicted molar refractivity (Wildman–Crippen MR) is 61.3 cm³/mol. The van der Waals surface area contributed by atoms with Crippen molar-refractivity contribution < 1.29 is 0 Å². The third-order valence-corrected chi connectivity index (χ3v) is 1.99. The minimum Gasteiger partial charge on any atom is -0.308 e. The molecule has 5 heteroatoms. The van der Waals surface area contributed by atoms with Gasteiger partial charge < -0.3 is 10.3 Å². The van der Waals surface area contributed by atoms with Crippen molar-refractivity contribution in [2.45, 2.75) is 26.3 Å². The van der Waals surface area contributed by atoms with Crippen LogP contribution in [0.4, 0.5) is 5.82 Å². The smallest absolute Gasteiger partial charge is 0.145 e. The van der Waals surface area contributed by atoms with Crippen LogP contribution in [0.3, 0.4) is 0 Å². The highest BCUT2D eigenvalue weighted by molar-refractivity contribution is 5.35. The Bertz CT molecular complexity index is 322. The van der Waals surface area contributed by atoms with Crippen LogP contribution in [0, 0.1) is 0 Å². The predicted octanol–water partition coefficient (Wildman–Crippen LogP) is 0.947. The summed E-state index contributed by atoms with van der Waals surface area (Å²) in [5, 5.41) is 0. The summed E-state index contributed by atoms with van der Waals surface area (Å²) in [7, 11) is 3.97. The van der Waals surface area contributed by atoms with Crippen LogP contribution in [0.5, 0.6) is 0 Å². The van der Waals surface area contributed by atoms with Crippen molar-refractivity contribution in [1.29, 1.82) is 0 Å². The van der Waals surface area contributed by atoms with Gasteiger partial charge >= 0.3 is 0 Å². The molecule has 0 aliphatic carbocycles. The fraction of sp³-hybridized carbons (Fsp3) is 0.600. The van der Waals surface area contributed by atoms with Crippen LogP contribution < -0.4 is 11.3 Å². The van der Waals surface area contributed by atoms with Crippen LogP contribution in [0.2, 0.25) is 0 Å². The molecule has 1 heterocycles. The summed E-state index contributed by atoms with van der Waals surface area (Å²) in [6.07, 6.45) is 0. The molecule has 3 N–H and O–H groups in total. The molecular weight excluding hydrogens is 190 g/mol. The number of nitrogen functional groups attached to an aromatic ring is 1. The second-order valence-electron chi connectivity index (χ2n) is 4.13. The number of rotatable bonds is 4. The summed E-state index contributed by atoms with van der Waals surface area (Å²) < 4.78 is 0. The molecule has 1 aromatic rings. The van der Waals surface area contributed by atoms with Gasteiger partial charge in [-0.15, -0.1) is 0 Å². The van der Waals surface area contributed by atoms with Crippen molar-refractivity contribution >= 4 is 5.82 Å². The SMILES string of the molecule is CC(C)c1cc(NN)nc(CN(C)C)n1. The fourth-order valence-corrected chi connectivity index (χ4v) is 1.24. The maximum absolute atomic E-state index is 5.36. The van der Waals surface area contributed by atoms with Crippen molar-refractivity contribution in [3.8, 4) is 0 Å². The molecule has 84 valence electrons. The third-order valence-electron chi connectivity index (χ3n) is 1.99. The van der Waals surface area contributed by atoms with Crippen molar-refractivity contribution in [3.05, 3.63) is 17.6 Å². The number of nitrogens with zero attached hydrogens (tertiary/aromatic N) is 3. The van der Waals surface area contributed by atoms with Crippen molar-refractivity contribution in [3.63, 3.8) is 0 Å². The fourth-order valence-electron chi connectivity index (χ4n) is 1.24. The van der Waals surface area contributed by atoms with Gasteiger partial charge in [0.1, 0.15) is 11.6 Å². The zero-order chi connectivity index (χ0) is 11.4. The van der Waals surface area contributed by atoms with Crippen molar-refractivity contribution in [2.75, 3.05) is 19.5 Å². The lowest BCUT2D eigenvalue weighted by atomic mass is 10.1. The lowest BCUT2D eigenvalue weighted by Crippen LogP contribution is -2.17. The molecule has 0 spiro atoms. The first-order valence-corrected chi connectivity index (χ1v) is 5.02. The molecule has 0 saturated carbocycles. The van der Waals surface area contributed by atoms with Crippen molar-refractivity contribution in [1.82, 2.24) is 14.9 Å². The van der Waals surface area contributed by atoms with Crippen LogP contribution in [0.25, 0.3) is 0 Å². The average molecular weight is 209 g/mol. The summed E-state index contributed by atoms with van der Waals surface area (Å²) in [6.45, 7) is 4.92. The van der Waals surface area contributed by atoms with Crippen LogP contribution in [0.1, 0.15) is 31.3 Å². The number of hydrogen-bond donors (Lipinski definition) is 2. The molecule has 1 rings (SSSR count). The van der Waals surface area contributed by atoms with Gasteiger partial charge in [-0.25, -0.2) is 15.8 Å². The molecule has 0 aliphatic rings. The van der Waals surface area contributed by atoms with Gasteiger partial charge in [0.25, 0.3) is 0 Å². The number of nitrogens with one attached hydrogen (secondary N) is 1. The molecule has 1 aromatic heterocycles. The molecule has 0 atom stereocenters. The molecule has 15 heavy (non-hydrogen) atoms. The standard InChI is InChI=1S/C10H19N5/c1-7(2)8-5-9(14-11)13-10(12-8)6-15(3)4/h5,7H,6,11H2,1-4H3,(H,12,13,14). The highest BCUT2D eigenvalue weighted by Crippen LogP contribution is 2.15. The van der Waals surface area contributed by atoms with E-state index in [1.54, 1.807) is 0 Å². The van der Waals surface area contributed by atoms with E-state index in [0.717, 1.165) is 18.1 Å². The number of hydrazine groups is 1. The lowest BCUT2D eigenvalue weighted by molar-refractivity contribution is 0.389. The Morgan fingerprint density at radius 1 is 1.40 bits per heavy atom. The van der Waals surface area contributed by atoms with Gasteiger partial charge in [0.2, 0.25) is 0 Å². The molecular formula is C10H19N5. The van der Waals surface area contributed by atoms with Crippen molar-refractivity contribution in [2.24, 2.45) is 5.84 Å². The van der Waals surface area contributed by atoms with Gasteiger partial charge in [0, 0.05) is 11.8 Å². The average Bonchev–Trinajstić information content (AvgIpc) is 2.16. The van der Waals surface area contributed by atoms with E-state index in [4.69, 9.17) is 5.84 Å². The highest BCUT2D eigenvalue weighted by atomic mass is 15.3. The number of aromatic nitrogens is 2. The topological polar surface area (TPSA) is 67.1 Å². The second kappa shape index (κ2) is 5.04. The Morgan fingerprint density at radius 3 is 2.53 bits per heavy atom. The van der Waals surface area contributed by atoms with Gasteiger partial charge in [-0.3, -0.25) is 0 Å². The van der Waals surface area contributed by atoms with E-state index in [9.17, 15) is 0 Å². The summed E-state index contributed by atoms with van der Waals surface area (Å²) in [5.41, 5.74) is 3.58. The van der Waals surface area contributed by atoms with E-state index in [2.05, 4.69) is 29.2 Å². The monoisotopic (exact) mass is 209 g/mol. The largest absolute Gasteiger partial charge is 0.308 e. The van der Waals surface area contributed by atoms with Crippen LogP contribution in [-0.2, 0) is 6.54 Å². The van der Waals surface area contributed by atoms with Crippen LogP contribution in [-0.4, -0.2) is 29.0 Å². The summed E-state index contributed by atoms with van der Waals surface area (Å²) >= 11 is 0. The maximum Gasteiger partial charge on any atom is 0.145 e. The third kappa shape index (κ3) is 3.45. The van der Waals surface area contributed by atoms with Crippen LogP contribution >= 0.6 is 0 Å². The van der Waals surface area contributed by atoms with Crippen LogP contribution in [0.15, 0.2) is 6.07 Å². The van der Waals surface area contributed by atoms with Gasteiger partial charge in [-0.05, 0) is 20.0 Å². The van der Waals surface area contributed by atoms with E-state index in [-0.39, 0.29) is 0 Å². The molecule has 0 amide bonds. The van der Waals surface area contributed by atoms with Gasteiger partial charge in [0.05, 0.1) is 6.54 Å². The minimum atomic E-state index is 0.376. The normalized spacial score (nSPS) is 11.1. The van der Waals surface area contributed by atoms with E-state index < -0.39 is 0 Å². The first-order valence-electron chi connectivity index (χ1n) is 5.02. The minimum absolute atomic E-state index is 0.376. The van der Waals surface area contributed by atoms with E-state index in [1.807, 2.05) is 25.1 Å². The van der Waals surface area contributed by atoms with E-state index >= 15 is 0 Å². The molecule has 0 fully saturated rings. The maximum atomic E-state index is 5.36. The van der Waals surface area contributed by atoms with Gasteiger partial charge in [0.15, 0.2) is 0 Å². The summed E-state index contributed by atoms with van der Waals surface area (Å²) in [6, 6.07) is 1.88. The Kier molecular flexibility index (Phi) is 3.99. The quantitative estimate of drug-likeness (QED) is 0.571. The first-order chi connectivity index (χ1) is 7.02. The summed E-state index contributed by atoms with van der Waals surface area (Å²) in [4.78, 5) is 10.8. The Morgan fingerprint density at radius 2 is 2.07 bits per heavy atom. The van der Waals surface area contributed by atoms with E-state index in [1.165, 1.54) is 0 Å². The number of nitrogens with two attached hydrogens (primary N) is 1. The molecule has 0 aliphatic heterocycles.